The number of imide groups is 1. The van der Waals surface area contributed by atoms with Crippen LogP contribution < -0.4 is 10.6 Å². The maximum absolute atomic E-state index is 12.5. The van der Waals surface area contributed by atoms with Crippen LogP contribution in [0, 0.1) is 0 Å². The van der Waals surface area contributed by atoms with Gasteiger partial charge in [0, 0.05) is 19.6 Å². The Labute approximate surface area is 161 Å². The second-order valence-corrected chi connectivity index (χ2v) is 6.04. The second kappa shape index (κ2) is 9.19. The Bertz CT molecular complexity index is 756. The number of nitrogens with one attached hydrogen (secondary N) is 2. The Hall–Kier alpha value is -3.12. The first-order valence-corrected chi connectivity index (χ1v) is 8.58. The van der Waals surface area contributed by atoms with Gasteiger partial charge in [0.15, 0.2) is 0 Å². The number of hydrogen-bond donors (Lipinski definition) is 5. The zero-order valence-electron chi connectivity index (χ0n) is 15.2. The third kappa shape index (κ3) is 4.99. The third-order valence-corrected chi connectivity index (χ3v) is 4.15. The first-order valence-electron chi connectivity index (χ1n) is 8.58. The Morgan fingerprint density at radius 3 is 2.36 bits per heavy atom. The number of aromatic hydroxyl groups is 1. The Kier molecular flexibility index (Phi) is 6.96. The number of benzene rings is 1. The molecule has 1 heterocycles. The molecule has 1 aliphatic heterocycles. The smallest absolute Gasteiger partial charge is 0.472 e. The molecule has 0 saturated carbocycles. The van der Waals surface area contributed by atoms with Gasteiger partial charge in [0.25, 0.3) is 0 Å². The second-order valence-electron chi connectivity index (χ2n) is 6.04. The molecule has 0 bridgehead atoms. The summed E-state index contributed by atoms with van der Waals surface area (Å²) < 4.78 is 0. The number of rotatable bonds is 6. The number of piperazine rings is 1. The molecule has 150 valence electrons. The van der Waals surface area contributed by atoms with Crippen LogP contribution in [0.2, 0.25) is 0 Å². The fourth-order valence-corrected chi connectivity index (χ4v) is 2.63. The van der Waals surface area contributed by atoms with Gasteiger partial charge < -0.3 is 30.7 Å². The molecule has 1 saturated heterocycles. The summed E-state index contributed by atoms with van der Waals surface area (Å²) in [5.74, 6) is -2.63. The molecule has 28 heavy (non-hydrogen) atoms. The lowest BCUT2D eigenvalue weighted by atomic mass is 9.92. The summed E-state index contributed by atoms with van der Waals surface area (Å²) in [7, 11) is -1.79. The molecule has 5 amide bonds. The molecule has 0 unspecified atom stereocenters. The van der Waals surface area contributed by atoms with E-state index in [1.165, 1.54) is 29.2 Å². The van der Waals surface area contributed by atoms with Crippen LogP contribution in [0.4, 0.5) is 4.79 Å². The zero-order chi connectivity index (χ0) is 20.8. The molecule has 5 N–H and O–H groups in total. The lowest BCUT2D eigenvalue weighted by Crippen LogP contribution is -2.59. The molecule has 0 spiro atoms. The fraction of sp³-hybridized carbons (Fsp3) is 0.375. The van der Waals surface area contributed by atoms with Gasteiger partial charge in [0.2, 0.25) is 5.91 Å². The Balaban J connectivity index is 2.18. The average Bonchev–Trinajstić information content (AvgIpc) is 2.67. The van der Waals surface area contributed by atoms with E-state index in [0.29, 0.717) is 6.54 Å². The highest BCUT2D eigenvalue weighted by Gasteiger charge is 2.37. The van der Waals surface area contributed by atoms with Crippen LogP contribution in [0.15, 0.2) is 24.3 Å². The van der Waals surface area contributed by atoms with Crippen molar-refractivity contribution in [2.24, 2.45) is 0 Å². The summed E-state index contributed by atoms with van der Waals surface area (Å²) in [4.78, 5) is 51.1. The van der Waals surface area contributed by atoms with E-state index in [1.54, 1.807) is 6.92 Å². The minimum Gasteiger partial charge on any atom is -0.508 e. The van der Waals surface area contributed by atoms with Crippen LogP contribution in [0.5, 0.6) is 5.75 Å². The van der Waals surface area contributed by atoms with Crippen molar-refractivity contribution in [1.29, 1.82) is 0 Å². The topological polar surface area (TPSA) is 160 Å². The number of phenols is 1. The molecule has 1 fully saturated rings. The summed E-state index contributed by atoms with van der Waals surface area (Å²) in [6.45, 7) is 2.20. The van der Waals surface area contributed by atoms with E-state index in [2.05, 4.69) is 10.6 Å². The maximum atomic E-state index is 12.5. The number of likely N-dealkylation sites (N-methyl/N-ethyl adjacent to an activating group) is 1. The largest absolute Gasteiger partial charge is 0.508 e. The first kappa shape index (κ1) is 21.2. The highest BCUT2D eigenvalue weighted by atomic mass is 16.4. The van der Waals surface area contributed by atoms with Crippen LogP contribution in [0.1, 0.15) is 18.5 Å². The van der Waals surface area contributed by atoms with Crippen LogP contribution in [-0.4, -0.2) is 81.9 Å². The van der Waals surface area contributed by atoms with Gasteiger partial charge in [0.05, 0.1) is 6.44 Å². The maximum Gasteiger partial charge on any atom is 0.472 e. The molecule has 1 aliphatic rings. The summed E-state index contributed by atoms with van der Waals surface area (Å²) in [5, 5.41) is 31.8. The lowest BCUT2D eigenvalue weighted by Gasteiger charge is -2.32. The van der Waals surface area contributed by atoms with Gasteiger partial charge in [-0.2, -0.15) is 0 Å². The van der Waals surface area contributed by atoms with E-state index in [9.17, 15) is 24.3 Å². The van der Waals surface area contributed by atoms with E-state index in [4.69, 9.17) is 10.0 Å². The van der Waals surface area contributed by atoms with Crippen molar-refractivity contribution in [1.82, 2.24) is 20.4 Å². The van der Waals surface area contributed by atoms with Crippen LogP contribution in [-0.2, 0) is 14.4 Å². The summed E-state index contributed by atoms with van der Waals surface area (Å²) >= 11 is 0. The molecule has 1 atom stereocenters. The zero-order valence-corrected chi connectivity index (χ0v) is 15.2. The minimum absolute atomic E-state index is 0.0243. The molecular formula is C16H21BN4O7. The predicted molar refractivity (Wildman–Crippen MR) is 96.5 cm³/mol. The monoisotopic (exact) mass is 392 g/mol. The minimum atomic E-state index is -1.79. The van der Waals surface area contributed by atoms with Crippen molar-refractivity contribution in [2.75, 3.05) is 26.1 Å². The van der Waals surface area contributed by atoms with Crippen molar-refractivity contribution in [3.8, 4) is 5.75 Å². The highest BCUT2D eigenvalue weighted by Crippen LogP contribution is 2.18. The number of urea groups is 1. The van der Waals surface area contributed by atoms with Crippen molar-refractivity contribution in [3.05, 3.63) is 29.8 Å². The highest BCUT2D eigenvalue weighted by molar-refractivity contribution is 6.41. The van der Waals surface area contributed by atoms with Crippen LogP contribution in [0.3, 0.4) is 0 Å². The standard InChI is InChI=1S/C16H21BN4O7/c1-2-20-7-8-21(15(25)14(20)24)16(26)19-12(13(23)18-9-17(27)28)10-3-5-11(22)6-4-10/h3-6,12,22,27-28H,2,7-9H2,1H3,(H,18,23)(H,19,26)/t12-/m1/s1. The van der Waals surface area contributed by atoms with E-state index in [-0.39, 0.29) is 24.4 Å². The SMILES string of the molecule is CCN1CCN(C(=O)N[C@@H](C(=O)NCB(O)O)c2ccc(O)cc2)C(=O)C1=O. The van der Waals surface area contributed by atoms with Gasteiger partial charge in [-0.25, -0.2) is 4.79 Å². The molecule has 2 rings (SSSR count). The van der Waals surface area contributed by atoms with Gasteiger partial charge in [-0.1, -0.05) is 12.1 Å². The molecule has 12 heteroatoms. The van der Waals surface area contributed by atoms with Crippen molar-refractivity contribution >= 4 is 30.9 Å². The quantitative estimate of drug-likeness (QED) is 0.276. The van der Waals surface area contributed by atoms with E-state index in [0.717, 1.165) is 4.90 Å². The van der Waals surface area contributed by atoms with E-state index >= 15 is 0 Å². The van der Waals surface area contributed by atoms with Crippen LogP contribution in [0.25, 0.3) is 0 Å². The van der Waals surface area contributed by atoms with Crippen molar-refractivity contribution in [2.45, 2.75) is 13.0 Å². The summed E-state index contributed by atoms with van der Waals surface area (Å²) in [6, 6.07) is 3.15. The number of hydrogen-bond acceptors (Lipinski definition) is 7. The van der Waals surface area contributed by atoms with E-state index < -0.39 is 43.4 Å². The summed E-state index contributed by atoms with van der Waals surface area (Å²) in [6.07, 6.45) is -0.476. The molecular weight excluding hydrogens is 371 g/mol. The van der Waals surface area contributed by atoms with Crippen molar-refractivity contribution in [3.63, 3.8) is 0 Å². The fourth-order valence-electron chi connectivity index (χ4n) is 2.63. The first-order chi connectivity index (χ1) is 13.2. The third-order valence-electron chi connectivity index (χ3n) is 4.15. The van der Waals surface area contributed by atoms with E-state index in [1.807, 2.05) is 0 Å². The molecule has 1 aromatic rings. The number of amides is 5. The Morgan fingerprint density at radius 2 is 1.79 bits per heavy atom. The number of nitrogens with zero attached hydrogens (tertiary/aromatic N) is 2. The predicted octanol–water partition coefficient (Wildman–Crippen LogP) is -2.04. The van der Waals surface area contributed by atoms with Gasteiger partial charge in [-0.3, -0.25) is 19.3 Å². The molecule has 0 aliphatic carbocycles. The van der Waals surface area contributed by atoms with Gasteiger partial charge >= 0.3 is 25.0 Å². The molecule has 0 aromatic heterocycles. The van der Waals surface area contributed by atoms with Crippen LogP contribution >= 0.6 is 0 Å². The molecule has 0 radical (unpaired) electrons. The molecule has 1 aromatic carbocycles. The average molecular weight is 392 g/mol. The number of carbonyl (C=O) groups excluding carboxylic acids is 4. The van der Waals surface area contributed by atoms with Crippen molar-refractivity contribution < 1.29 is 34.3 Å². The normalized spacial score (nSPS) is 15.2. The number of carbonyl (C=O) groups is 4. The van der Waals surface area contributed by atoms with Gasteiger partial charge in [0.1, 0.15) is 11.8 Å². The Morgan fingerprint density at radius 1 is 1.14 bits per heavy atom. The van der Waals surface area contributed by atoms with Gasteiger partial charge in [-0.05, 0) is 24.6 Å². The van der Waals surface area contributed by atoms with Gasteiger partial charge in [-0.15, -0.1) is 0 Å². The number of phenolic OH excluding ortho intramolecular Hbond substituents is 1. The molecule has 11 nitrogen and oxygen atoms in total. The summed E-state index contributed by atoms with van der Waals surface area (Å²) in [5.41, 5.74) is 0.280. The lowest BCUT2D eigenvalue weighted by molar-refractivity contribution is -0.153.